The van der Waals surface area contributed by atoms with Crippen molar-refractivity contribution in [3.05, 3.63) is 35.0 Å². The van der Waals surface area contributed by atoms with E-state index in [9.17, 15) is 9.59 Å². The van der Waals surface area contributed by atoms with Crippen LogP contribution in [0.25, 0.3) is 11.0 Å². The van der Waals surface area contributed by atoms with Gasteiger partial charge in [-0.25, -0.2) is 4.79 Å². The van der Waals surface area contributed by atoms with Gasteiger partial charge in [-0.1, -0.05) is 11.8 Å². The number of nitrogens with zero attached hydrogens (tertiary/aromatic N) is 3. The molecule has 0 saturated heterocycles. The van der Waals surface area contributed by atoms with Crippen LogP contribution in [0.15, 0.2) is 34.5 Å². The fourth-order valence-electron chi connectivity index (χ4n) is 2.38. The van der Waals surface area contributed by atoms with Gasteiger partial charge in [-0.05, 0) is 31.0 Å². The standard InChI is InChI=1S/C14H14N6O2S/c21-12(6-23-14-19-15-7-20(14)9-2-3-9)16-8-1-4-10-11(5-8)18-13(22)17-10/h1,4-5,7,9H,2-3,6H2,(H,16,21)(H2,17,18,22). The lowest BCUT2D eigenvalue weighted by Crippen LogP contribution is -2.14. The summed E-state index contributed by atoms with van der Waals surface area (Å²) in [5.74, 6) is 0.130. The van der Waals surface area contributed by atoms with Crippen LogP contribution in [0.5, 0.6) is 0 Å². The van der Waals surface area contributed by atoms with Crippen LogP contribution in [0.2, 0.25) is 0 Å². The Morgan fingerprint density at radius 2 is 2.17 bits per heavy atom. The SMILES string of the molecule is O=C(CSc1nncn1C1CC1)Nc1ccc2[nH]c(=O)[nH]c2c1. The molecule has 4 rings (SSSR count). The molecule has 0 atom stereocenters. The average Bonchev–Trinajstić information content (AvgIpc) is 3.14. The number of rotatable bonds is 5. The van der Waals surface area contributed by atoms with E-state index in [2.05, 4.69) is 25.5 Å². The molecule has 0 unspecified atom stereocenters. The summed E-state index contributed by atoms with van der Waals surface area (Å²) in [7, 11) is 0. The van der Waals surface area contributed by atoms with Crippen molar-refractivity contribution >= 4 is 34.4 Å². The zero-order chi connectivity index (χ0) is 15.8. The summed E-state index contributed by atoms with van der Waals surface area (Å²) in [6.45, 7) is 0. The molecule has 1 amide bonds. The van der Waals surface area contributed by atoms with E-state index in [0.717, 1.165) is 18.0 Å². The third kappa shape index (κ3) is 3.00. The van der Waals surface area contributed by atoms with Gasteiger partial charge in [0.15, 0.2) is 5.16 Å². The van der Waals surface area contributed by atoms with Gasteiger partial charge in [-0.15, -0.1) is 10.2 Å². The van der Waals surface area contributed by atoms with E-state index in [-0.39, 0.29) is 17.3 Å². The molecule has 2 heterocycles. The van der Waals surface area contributed by atoms with Crippen molar-refractivity contribution in [3.63, 3.8) is 0 Å². The maximum Gasteiger partial charge on any atom is 0.323 e. The zero-order valence-corrected chi connectivity index (χ0v) is 12.9. The molecular weight excluding hydrogens is 316 g/mol. The molecule has 0 spiro atoms. The van der Waals surface area contributed by atoms with Gasteiger partial charge in [-0.3, -0.25) is 4.79 Å². The number of aromatic amines is 2. The molecule has 1 aromatic carbocycles. The van der Waals surface area contributed by atoms with Gasteiger partial charge in [0, 0.05) is 11.7 Å². The molecule has 1 fully saturated rings. The van der Waals surface area contributed by atoms with Gasteiger partial charge in [0.2, 0.25) is 5.91 Å². The fraction of sp³-hybridized carbons (Fsp3) is 0.286. The van der Waals surface area contributed by atoms with Crippen molar-refractivity contribution in [2.45, 2.75) is 24.0 Å². The predicted octanol–water partition coefficient (Wildman–Crippen LogP) is 1.51. The molecule has 1 saturated carbocycles. The highest BCUT2D eigenvalue weighted by atomic mass is 32.2. The molecule has 0 radical (unpaired) electrons. The van der Waals surface area contributed by atoms with Gasteiger partial charge in [0.05, 0.1) is 16.8 Å². The molecular formula is C14H14N6O2S. The second-order valence-electron chi connectivity index (χ2n) is 5.43. The van der Waals surface area contributed by atoms with Gasteiger partial charge >= 0.3 is 5.69 Å². The molecule has 0 aliphatic heterocycles. The Morgan fingerprint density at radius 1 is 1.35 bits per heavy atom. The summed E-state index contributed by atoms with van der Waals surface area (Å²) >= 11 is 1.37. The fourth-order valence-corrected chi connectivity index (χ4v) is 3.16. The Kier molecular flexibility index (Phi) is 3.41. The molecule has 0 bridgehead atoms. The van der Waals surface area contributed by atoms with Crippen molar-refractivity contribution in [1.82, 2.24) is 24.7 Å². The zero-order valence-electron chi connectivity index (χ0n) is 12.1. The van der Waals surface area contributed by atoms with Crippen LogP contribution in [0, 0.1) is 0 Å². The first kappa shape index (κ1) is 14.1. The Labute approximate surface area is 134 Å². The smallest absolute Gasteiger partial charge is 0.323 e. The number of benzene rings is 1. The highest BCUT2D eigenvalue weighted by Gasteiger charge is 2.26. The molecule has 1 aliphatic carbocycles. The highest BCUT2D eigenvalue weighted by molar-refractivity contribution is 7.99. The summed E-state index contributed by atoms with van der Waals surface area (Å²) in [6.07, 6.45) is 4.01. The number of hydrogen-bond donors (Lipinski definition) is 3. The van der Waals surface area contributed by atoms with Crippen molar-refractivity contribution in [1.29, 1.82) is 0 Å². The molecule has 8 nitrogen and oxygen atoms in total. The summed E-state index contributed by atoms with van der Waals surface area (Å²) in [5.41, 5.74) is 1.74. The maximum atomic E-state index is 12.1. The van der Waals surface area contributed by atoms with Crippen molar-refractivity contribution < 1.29 is 4.79 Å². The number of H-pyrrole nitrogens is 2. The van der Waals surface area contributed by atoms with E-state index >= 15 is 0 Å². The van der Waals surface area contributed by atoms with Crippen molar-refractivity contribution in [3.8, 4) is 0 Å². The van der Waals surface area contributed by atoms with Crippen LogP contribution < -0.4 is 11.0 Å². The Hall–Kier alpha value is -2.55. The number of carbonyl (C=O) groups excluding carboxylic acids is 1. The van der Waals surface area contributed by atoms with E-state index in [1.54, 1.807) is 24.5 Å². The summed E-state index contributed by atoms with van der Waals surface area (Å²) < 4.78 is 2.02. The first-order valence-corrected chi connectivity index (χ1v) is 8.22. The van der Waals surface area contributed by atoms with E-state index in [1.807, 2.05) is 4.57 Å². The Morgan fingerprint density at radius 3 is 3.00 bits per heavy atom. The number of imidazole rings is 1. The third-order valence-corrected chi connectivity index (χ3v) is 4.57. The van der Waals surface area contributed by atoms with Gasteiger partial charge < -0.3 is 19.9 Å². The number of thioether (sulfide) groups is 1. The second-order valence-corrected chi connectivity index (χ2v) is 6.37. The van der Waals surface area contributed by atoms with E-state index < -0.39 is 0 Å². The predicted molar refractivity (Wildman–Crippen MR) is 86.6 cm³/mol. The lowest BCUT2D eigenvalue weighted by atomic mass is 10.3. The van der Waals surface area contributed by atoms with Crippen LogP contribution in [0.1, 0.15) is 18.9 Å². The molecule has 1 aliphatic rings. The molecule has 23 heavy (non-hydrogen) atoms. The van der Waals surface area contributed by atoms with E-state index in [0.29, 0.717) is 22.8 Å². The second kappa shape index (κ2) is 5.58. The number of nitrogens with one attached hydrogen (secondary N) is 3. The largest absolute Gasteiger partial charge is 0.325 e. The van der Waals surface area contributed by atoms with Gasteiger partial charge in [-0.2, -0.15) is 0 Å². The Bertz CT molecular complexity index is 923. The number of fused-ring (bicyclic) bond motifs is 1. The minimum absolute atomic E-state index is 0.127. The van der Waals surface area contributed by atoms with Crippen LogP contribution in [-0.4, -0.2) is 36.4 Å². The number of carbonyl (C=O) groups is 1. The first-order chi connectivity index (χ1) is 11.2. The normalized spacial score (nSPS) is 14.3. The Balaban J connectivity index is 1.40. The summed E-state index contributed by atoms with van der Waals surface area (Å²) in [6, 6.07) is 5.72. The summed E-state index contributed by atoms with van der Waals surface area (Å²) in [5, 5.41) is 11.5. The maximum absolute atomic E-state index is 12.1. The molecule has 2 aromatic heterocycles. The van der Waals surface area contributed by atoms with Crippen LogP contribution in [0.4, 0.5) is 5.69 Å². The van der Waals surface area contributed by atoms with Crippen LogP contribution in [0.3, 0.4) is 0 Å². The van der Waals surface area contributed by atoms with Crippen molar-refractivity contribution in [2.75, 3.05) is 11.1 Å². The molecule has 9 heteroatoms. The quantitative estimate of drug-likeness (QED) is 0.615. The lowest BCUT2D eigenvalue weighted by molar-refractivity contribution is -0.113. The minimum Gasteiger partial charge on any atom is -0.325 e. The van der Waals surface area contributed by atoms with Gasteiger partial charge in [0.1, 0.15) is 6.33 Å². The average molecular weight is 330 g/mol. The minimum atomic E-state index is -0.265. The number of anilines is 1. The van der Waals surface area contributed by atoms with Crippen LogP contribution in [-0.2, 0) is 4.79 Å². The van der Waals surface area contributed by atoms with E-state index in [1.165, 1.54) is 11.8 Å². The third-order valence-electron chi connectivity index (χ3n) is 3.61. The molecule has 118 valence electrons. The highest BCUT2D eigenvalue weighted by Crippen LogP contribution is 2.37. The van der Waals surface area contributed by atoms with E-state index in [4.69, 9.17) is 0 Å². The van der Waals surface area contributed by atoms with Crippen molar-refractivity contribution in [2.24, 2.45) is 0 Å². The summed E-state index contributed by atoms with van der Waals surface area (Å²) in [4.78, 5) is 28.6. The van der Waals surface area contributed by atoms with Gasteiger partial charge in [0.25, 0.3) is 0 Å². The lowest BCUT2D eigenvalue weighted by Gasteiger charge is -2.06. The molecule has 3 aromatic rings. The molecule has 3 N–H and O–H groups in total. The van der Waals surface area contributed by atoms with Crippen LogP contribution >= 0.6 is 11.8 Å². The monoisotopic (exact) mass is 330 g/mol. The number of hydrogen-bond acceptors (Lipinski definition) is 5. The topological polar surface area (TPSA) is 108 Å². The number of amides is 1. The first-order valence-electron chi connectivity index (χ1n) is 7.23. The number of aromatic nitrogens is 5.